The van der Waals surface area contributed by atoms with Crippen LogP contribution in [-0.2, 0) is 6.54 Å². The Morgan fingerprint density at radius 2 is 1.97 bits per heavy atom. The molecule has 2 heterocycles. The molecule has 0 amide bonds. The number of halogens is 3. The van der Waals surface area contributed by atoms with Gasteiger partial charge in [-0.2, -0.15) is 0 Å². The van der Waals surface area contributed by atoms with Crippen molar-refractivity contribution in [1.82, 2.24) is 15.2 Å². The van der Waals surface area contributed by atoms with Crippen LogP contribution in [0.5, 0.6) is 0 Å². The van der Waals surface area contributed by atoms with Gasteiger partial charge in [0.2, 0.25) is 0 Å². The lowest BCUT2D eigenvalue weighted by Crippen LogP contribution is -2.53. The van der Waals surface area contributed by atoms with Crippen molar-refractivity contribution in [2.45, 2.75) is 25.9 Å². The van der Waals surface area contributed by atoms with E-state index in [1.165, 1.54) is 19.1 Å². The van der Waals surface area contributed by atoms with Gasteiger partial charge in [0.05, 0.1) is 11.6 Å². The number of nitrogens with one attached hydrogen (secondary N) is 1. The Morgan fingerprint density at radius 3 is 2.67 bits per heavy atom. The number of benzene rings is 2. The van der Waals surface area contributed by atoms with E-state index in [2.05, 4.69) is 10.3 Å². The largest absolute Gasteiger partial charge is 0.307 e. The molecule has 0 aliphatic carbocycles. The number of aromatic nitrogens is 1. The van der Waals surface area contributed by atoms with Gasteiger partial charge in [0.1, 0.15) is 11.5 Å². The molecule has 0 spiro atoms. The summed E-state index contributed by atoms with van der Waals surface area (Å²) in [7, 11) is 0. The second-order valence-electron chi connectivity index (χ2n) is 7.60. The summed E-state index contributed by atoms with van der Waals surface area (Å²) in [5.74, 6) is -0.489. The zero-order chi connectivity index (χ0) is 21.3. The number of nitrogens with zero attached hydrogens (tertiary/aromatic N) is 2. The third kappa shape index (κ3) is 4.37. The number of pyridine rings is 1. The van der Waals surface area contributed by atoms with E-state index in [1.54, 1.807) is 18.2 Å². The van der Waals surface area contributed by atoms with Crippen LogP contribution in [0.1, 0.15) is 23.0 Å². The molecule has 4 rings (SSSR count). The van der Waals surface area contributed by atoms with Crippen LogP contribution in [0, 0.1) is 5.82 Å². The monoisotopic (exact) mass is 413 g/mol. The van der Waals surface area contributed by atoms with Crippen molar-refractivity contribution in [3.63, 3.8) is 0 Å². The maximum absolute atomic E-state index is 13.4. The molecule has 2 aromatic carbocycles. The molecule has 1 atom stereocenters. The minimum Gasteiger partial charge on any atom is -0.307 e. The SMILES string of the molecule is CC(=O)c1cc(-c2ccc(F)cc2)c2ccc(CN3CCNC(C(F)F)C3)cc2n1. The molecular formula is C23H22F3N3O. The Bertz CT molecular complexity index is 1070. The van der Waals surface area contributed by atoms with Crippen LogP contribution in [0.15, 0.2) is 48.5 Å². The van der Waals surface area contributed by atoms with E-state index < -0.39 is 12.5 Å². The summed E-state index contributed by atoms with van der Waals surface area (Å²) in [6.45, 7) is 3.46. The smallest absolute Gasteiger partial charge is 0.254 e. The molecule has 156 valence electrons. The van der Waals surface area contributed by atoms with Crippen LogP contribution in [-0.4, -0.2) is 47.8 Å². The number of carbonyl (C=O) groups excluding carboxylic acids is 1. The Kier molecular flexibility index (Phi) is 5.83. The maximum atomic E-state index is 13.4. The Morgan fingerprint density at radius 1 is 1.20 bits per heavy atom. The fourth-order valence-electron chi connectivity index (χ4n) is 3.83. The molecule has 1 fully saturated rings. The molecule has 0 saturated carbocycles. The number of rotatable bonds is 5. The highest BCUT2D eigenvalue weighted by atomic mass is 19.3. The molecule has 3 aromatic rings. The molecule has 1 N–H and O–H groups in total. The van der Waals surface area contributed by atoms with E-state index in [1.807, 2.05) is 23.1 Å². The molecule has 30 heavy (non-hydrogen) atoms. The zero-order valence-electron chi connectivity index (χ0n) is 16.5. The minimum atomic E-state index is -2.40. The number of carbonyl (C=O) groups is 1. The van der Waals surface area contributed by atoms with E-state index in [0.29, 0.717) is 30.8 Å². The van der Waals surface area contributed by atoms with Gasteiger partial charge >= 0.3 is 0 Å². The number of hydrogen-bond acceptors (Lipinski definition) is 4. The van der Waals surface area contributed by atoms with Crippen LogP contribution in [0.3, 0.4) is 0 Å². The fraction of sp³-hybridized carbons (Fsp3) is 0.304. The molecule has 1 unspecified atom stereocenters. The molecule has 4 nitrogen and oxygen atoms in total. The molecular weight excluding hydrogens is 391 g/mol. The van der Waals surface area contributed by atoms with Gasteiger partial charge in [-0.15, -0.1) is 0 Å². The molecule has 1 aliphatic heterocycles. The summed E-state index contributed by atoms with van der Waals surface area (Å²) in [5, 5.41) is 3.69. The standard InChI is InChI=1S/C23H22F3N3O/c1-14(30)20-11-19(16-3-5-17(24)6-4-16)18-7-2-15(10-21(18)28-20)12-29-9-8-27-22(13-29)23(25)26/h2-7,10-11,22-23,27H,8-9,12-13H2,1H3. The van der Waals surface area contributed by atoms with Gasteiger partial charge in [0.15, 0.2) is 5.78 Å². The van der Waals surface area contributed by atoms with Gasteiger partial charge in [-0.05, 0) is 41.0 Å². The average molecular weight is 413 g/mol. The summed E-state index contributed by atoms with van der Waals surface area (Å²) >= 11 is 0. The first-order valence-corrected chi connectivity index (χ1v) is 9.85. The van der Waals surface area contributed by atoms with E-state index >= 15 is 0 Å². The van der Waals surface area contributed by atoms with E-state index in [-0.39, 0.29) is 18.1 Å². The molecule has 1 aromatic heterocycles. The van der Waals surface area contributed by atoms with Crippen molar-refractivity contribution >= 4 is 16.7 Å². The highest BCUT2D eigenvalue weighted by Crippen LogP contribution is 2.30. The molecule has 0 radical (unpaired) electrons. The first-order valence-electron chi connectivity index (χ1n) is 9.85. The van der Waals surface area contributed by atoms with Crippen LogP contribution >= 0.6 is 0 Å². The van der Waals surface area contributed by atoms with Crippen LogP contribution in [0.2, 0.25) is 0 Å². The summed E-state index contributed by atoms with van der Waals surface area (Å²) in [6.07, 6.45) is -2.40. The topological polar surface area (TPSA) is 45.2 Å². The van der Waals surface area contributed by atoms with Gasteiger partial charge in [-0.1, -0.05) is 24.3 Å². The highest BCUT2D eigenvalue weighted by molar-refractivity contribution is 6.01. The second kappa shape index (κ2) is 8.53. The van der Waals surface area contributed by atoms with E-state index in [0.717, 1.165) is 22.1 Å². The lowest BCUT2D eigenvalue weighted by molar-refractivity contribution is 0.0545. The number of piperazine rings is 1. The summed E-state index contributed by atoms with van der Waals surface area (Å²) in [5.41, 5.74) is 3.52. The predicted molar refractivity (Wildman–Crippen MR) is 110 cm³/mol. The van der Waals surface area contributed by atoms with Gasteiger partial charge in [0, 0.05) is 38.5 Å². The zero-order valence-corrected chi connectivity index (χ0v) is 16.5. The first kappa shape index (κ1) is 20.5. The summed E-state index contributed by atoms with van der Waals surface area (Å²) < 4.78 is 39.4. The lowest BCUT2D eigenvalue weighted by atomic mass is 9.98. The summed E-state index contributed by atoms with van der Waals surface area (Å²) in [6, 6.07) is 12.8. The van der Waals surface area contributed by atoms with Crippen LogP contribution in [0.4, 0.5) is 13.2 Å². The third-order valence-electron chi connectivity index (χ3n) is 5.39. The van der Waals surface area contributed by atoms with Gasteiger partial charge in [-0.3, -0.25) is 9.69 Å². The molecule has 7 heteroatoms. The van der Waals surface area contributed by atoms with Crippen molar-refractivity contribution < 1.29 is 18.0 Å². The van der Waals surface area contributed by atoms with Crippen LogP contribution in [0.25, 0.3) is 22.0 Å². The van der Waals surface area contributed by atoms with Gasteiger partial charge in [0.25, 0.3) is 6.43 Å². The molecule has 1 aliphatic rings. The predicted octanol–water partition coefficient (Wildman–Crippen LogP) is 4.28. The van der Waals surface area contributed by atoms with Crippen LogP contribution < -0.4 is 5.32 Å². The highest BCUT2D eigenvalue weighted by Gasteiger charge is 2.26. The average Bonchev–Trinajstić information content (AvgIpc) is 2.73. The Labute approximate surface area is 172 Å². The lowest BCUT2D eigenvalue weighted by Gasteiger charge is -2.33. The number of hydrogen-bond donors (Lipinski definition) is 1. The molecule has 1 saturated heterocycles. The number of fused-ring (bicyclic) bond motifs is 1. The maximum Gasteiger partial charge on any atom is 0.254 e. The quantitative estimate of drug-likeness (QED) is 0.634. The summed E-state index contributed by atoms with van der Waals surface area (Å²) in [4.78, 5) is 18.5. The third-order valence-corrected chi connectivity index (χ3v) is 5.39. The molecule has 0 bridgehead atoms. The number of Topliss-reactive ketones (excluding diaryl/α,β-unsaturated/α-hetero) is 1. The number of ketones is 1. The van der Waals surface area contributed by atoms with Crippen molar-refractivity contribution in [3.8, 4) is 11.1 Å². The van der Waals surface area contributed by atoms with Gasteiger partial charge < -0.3 is 5.32 Å². The Hall–Kier alpha value is -2.77. The van der Waals surface area contributed by atoms with E-state index in [9.17, 15) is 18.0 Å². The van der Waals surface area contributed by atoms with Crippen molar-refractivity contribution in [2.24, 2.45) is 0 Å². The van der Waals surface area contributed by atoms with Crippen molar-refractivity contribution in [2.75, 3.05) is 19.6 Å². The van der Waals surface area contributed by atoms with Crippen molar-refractivity contribution in [1.29, 1.82) is 0 Å². The van der Waals surface area contributed by atoms with Crippen molar-refractivity contribution in [3.05, 3.63) is 65.6 Å². The number of alkyl halides is 2. The van der Waals surface area contributed by atoms with Gasteiger partial charge in [-0.25, -0.2) is 18.2 Å². The van der Waals surface area contributed by atoms with E-state index in [4.69, 9.17) is 0 Å². The Balaban J connectivity index is 1.69. The minimum absolute atomic E-state index is 0.160. The fourth-order valence-corrected chi connectivity index (χ4v) is 3.83. The normalized spacial score (nSPS) is 17.6. The second-order valence-corrected chi connectivity index (χ2v) is 7.60. The first-order chi connectivity index (χ1) is 14.4.